The van der Waals surface area contributed by atoms with Gasteiger partial charge in [0.2, 0.25) is 5.78 Å². The highest BCUT2D eigenvalue weighted by molar-refractivity contribution is 6.10. The van der Waals surface area contributed by atoms with Crippen LogP contribution in [0.2, 0.25) is 0 Å². The molecule has 0 atom stereocenters. The van der Waals surface area contributed by atoms with Gasteiger partial charge in [-0.05, 0) is 18.2 Å². The molecule has 0 aromatic heterocycles. The number of carbonyl (C=O) groups excluding carboxylic acids is 2. The molecule has 0 amide bonds. The van der Waals surface area contributed by atoms with E-state index < -0.39 is 24.2 Å². The van der Waals surface area contributed by atoms with Crippen molar-refractivity contribution in [1.82, 2.24) is 0 Å². The lowest BCUT2D eigenvalue weighted by atomic mass is 10.0. The molecule has 0 unspecified atom stereocenters. The van der Waals surface area contributed by atoms with Crippen molar-refractivity contribution in [2.45, 2.75) is 12.6 Å². The van der Waals surface area contributed by atoms with Gasteiger partial charge in [0, 0.05) is 0 Å². The lowest BCUT2D eigenvalue weighted by Gasteiger charge is -2.10. The van der Waals surface area contributed by atoms with Crippen LogP contribution in [0, 0.1) is 0 Å². The minimum absolute atomic E-state index is 0.0841. The predicted octanol–water partition coefficient (Wildman–Crippen LogP) is 2.41. The number of carbonyl (C=O) groups is 2. The van der Waals surface area contributed by atoms with E-state index in [0.29, 0.717) is 0 Å². The van der Waals surface area contributed by atoms with Crippen molar-refractivity contribution in [2.24, 2.45) is 0 Å². The molecule has 0 aliphatic carbocycles. The molecular formula is C12H11F3O4. The van der Waals surface area contributed by atoms with Gasteiger partial charge >= 0.3 is 6.18 Å². The van der Waals surface area contributed by atoms with Gasteiger partial charge in [0.15, 0.2) is 5.78 Å². The summed E-state index contributed by atoms with van der Waals surface area (Å²) in [5.74, 6) is -2.70. The van der Waals surface area contributed by atoms with Crippen LogP contribution in [0.5, 0.6) is 11.5 Å². The third kappa shape index (κ3) is 3.70. The van der Waals surface area contributed by atoms with E-state index in [1.807, 2.05) is 0 Å². The number of halogens is 3. The molecule has 1 aromatic rings. The second-order valence-electron chi connectivity index (χ2n) is 3.59. The smallest absolute Gasteiger partial charge is 0.450 e. The average Bonchev–Trinajstić information content (AvgIpc) is 2.36. The number of Topliss-reactive ketones (excluding diaryl/α,β-unsaturated/α-hetero) is 2. The van der Waals surface area contributed by atoms with Crippen molar-refractivity contribution in [3.05, 3.63) is 23.8 Å². The summed E-state index contributed by atoms with van der Waals surface area (Å²) >= 11 is 0. The molecule has 7 heteroatoms. The summed E-state index contributed by atoms with van der Waals surface area (Å²) < 4.78 is 46.0. The van der Waals surface area contributed by atoms with Crippen LogP contribution in [0.15, 0.2) is 18.2 Å². The molecule has 1 aromatic carbocycles. The standard InChI is InChI=1S/C12H11F3O4/c1-18-7-3-4-10(19-2)8(5-7)9(16)6-11(17)12(13,14)15/h3-5H,6H2,1-2H3. The van der Waals surface area contributed by atoms with Gasteiger partial charge in [-0.2, -0.15) is 13.2 Å². The minimum Gasteiger partial charge on any atom is -0.497 e. The van der Waals surface area contributed by atoms with E-state index in [9.17, 15) is 22.8 Å². The molecule has 0 bridgehead atoms. The number of hydrogen-bond donors (Lipinski definition) is 0. The van der Waals surface area contributed by atoms with Crippen LogP contribution < -0.4 is 9.47 Å². The van der Waals surface area contributed by atoms with Gasteiger partial charge in [-0.15, -0.1) is 0 Å². The van der Waals surface area contributed by atoms with E-state index in [2.05, 4.69) is 0 Å². The Hall–Kier alpha value is -2.05. The Morgan fingerprint density at radius 1 is 1.16 bits per heavy atom. The third-order valence-corrected chi connectivity index (χ3v) is 2.34. The number of ether oxygens (including phenoxy) is 2. The lowest BCUT2D eigenvalue weighted by molar-refractivity contribution is -0.170. The summed E-state index contributed by atoms with van der Waals surface area (Å²) in [6, 6.07) is 4.09. The maximum Gasteiger partial charge on any atom is 0.450 e. The van der Waals surface area contributed by atoms with Gasteiger partial charge in [-0.1, -0.05) is 0 Å². The second kappa shape index (κ2) is 5.73. The van der Waals surface area contributed by atoms with Crippen LogP contribution in [0.4, 0.5) is 13.2 Å². The molecule has 4 nitrogen and oxygen atoms in total. The highest BCUT2D eigenvalue weighted by atomic mass is 19.4. The zero-order valence-corrected chi connectivity index (χ0v) is 10.2. The summed E-state index contributed by atoms with van der Waals surface area (Å²) in [6.45, 7) is 0. The molecule has 0 fully saturated rings. The quantitative estimate of drug-likeness (QED) is 0.612. The van der Waals surface area contributed by atoms with Crippen molar-refractivity contribution in [2.75, 3.05) is 14.2 Å². The summed E-state index contributed by atoms with van der Waals surface area (Å²) in [4.78, 5) is 22.5. The number of rotatable bonds is 5. The highest BCUT2D eigenvalue weighted by Crippen LogP contribution is 2.26. The molecule has 0 saturated heterocycles. The van der Waals surface area contributed by atoms with Crippen LogP contribution in [0.25, 0.3) is 0 Å². The maximum atomic E-state index is 12.1. The van der Waals surface area contributed by atoms with E-state index in [0.717, 1.165) is 0 Å². The number of alkyl halides is 3. The van der Waals surface area contributed by atoms with Crippen molar-refractivity contribution in [1.29, 1.82) is 0 Å². The summed E-state index contributed by atoms with van der Waals surface area (Å²) in [6.07, 6.45) is -6.28. The molecule has 1 rings (SSSR count). The summed E-state index contributed by atoms with van der Waals surface area (Å²) in [7, 11) is 2.61. The van der Waals surface area contributed by atoms with Gasteiger partial charge in [0.25, 0.3) is 0 Å². The van der Waals surface area contributed by atoms with E-state index in [4.69, 9.17) is 9.47 Å². The molecule has 19 heavy (non-hydrogen) atoms. The molecular weight excluding hydrogens is 265 g/mol. The first-order valence-corrected chi connectivity index (χ1v) is 5.15. The normalized spacial score (nSPS) is 11.0. The predicted molar refractivity (Wildman–Crippen MR) is 59.6 cm³/mol. The zero-order chi connectivity index (χ0) is 14.6. The van der Waals surface area contributed by atoms with E-state index in [1.165, 1.54) is 32.4 Å². The topological polar surface area (TPSA) is 52.6 Å². The van der Waals surface area contributed by atoms with Crippen molar-refractivity contribution in [3.8, 4) is 11.5 Å². The van der Waals surface area contributed by atoms with Gasteiger partial charge in [-0.25, -0.2) is 0 Å². The number of ketones is 2. The van der Waals surface area contributed by atoms with E-state index in [1.54, 1.807) is 0 Å². The monoisotopic (exact) mass is 276 g/mol. The first kappa shape index (κ1) is 15.0. The minimum atomic E-state index is -5.03. The lowest BCUT2D eigenvalue weighted by Crippen LogP contribution is -2.25. The Labute approximate surface area is 107 Å². The SMILES string of the molecule is COc1ccc(OC)c(C(=O)CC(=O)C(F)(F)F)c1. The van der Waals surface area contributed by atoms with Crippen LogP contribution in [0.1, 0.15) is 16.8 Å². The van der Waals surface area contributed by atoms with Gasteiger partial charge in [-0.3, -0.25) is 9.59 Å². The fraction of sp³-hybridized carbons (Fsp3) is 0.333. The molecule has 0 heterocycles. The fourth-order valence-electron chi connectivity index (χ4n) is 1.37. The van der Waals surface area contributed by atoms with Gasteiger partial charge in [0.05, 0.1) is 26.2 Å². The Kier molecular flexibility index (Phi) is 4.52. The van der Waals surface area contributed by atoms with E-state index >= 15 is 0 Å². The van der Waals surface area contributed by atoms with Crippen LogP contribution in [-0.2, 0) is 4.79 Å². The molecule has 104 valence electrons. The average molecular weight is 276 g/mol. The summed E-state index contributed by atoms with van der Waals surface area (Å²) in [5.41, 5.74) is -0.126. The van der Waals surface area contributed by atoms with Crippen LogP contribution >= 0.6 is 0 Å². The molecule has 0 N–H and O–H groups in total. The van der Waals surface area contributed by atoms with Gasteiger partial charge in [0.1, 0.15) is 11.5 Å². The van der Waals surface area contributed by atoms with Crippen LogP contribution in [-0.4, -0.2) is 32.0 Å². The Balaban J connectivity index is 3.01. The summed E-state index contributed by atoms with van der Waals surface area (Å²) in [5, 5.41) is 0. The second-order valence-corrected chi connectivity index (χ2v) is 3.59. The number of hydrogen-bond acceptors (Lipinski definition) is 4. The molecule has 0 radical (unpaired) electrons. The molecule has 0 saturated carbocycles. The highest BCUT2D eigenvalue weighted by Gasteiger charge is 2.39. The largest absolute Gasteiger partial charge is 0.497 e. The van der Waals surface area contributed by atoms with Crippen molar-refractivity contribution in [3.63, 3.8) is 0 Å². The number of benzene rings is 1. The number of methoxy groups -OCH3 is 2. The zero-order valence-electron chi connectivity index (χ0n) is 10.2. The van der Waals surface area contributed by atoms with E-state index in [-0.39, 0.29) is 17.1 Å². The molecule has 0 aliphatic rings. The van der Waals surface area contributed by atoms with Crippen molar-refractivity contribution < 1.29 is 32.2 Å². The van der Waals surface area contributed by atoms with Gasteiger partial charge < -0.3 is 9.47 Å². The first-order chi connectivity index (χ1) is 8.79. The molecule has 0 spiro atoms. The Morgan fingerprint density at radius 3 is 2.26 bits per heavy atom. The maximum absolute atomic E-state index is 12.1. The Morgan fingerprint density at radius 2 is 1.79 bits per heavy atom. The fourth-order valence-corrected chi connectivity index (χ4v) is 1.37. The van der Waals surface area contributed by atoms with Crippen LogP contribution in [0.3, 0.4) is 0 Å². The van der Waals surface area contributed by atoms with Crippen molar-refractivity contribution >= 4 is 11.6 Å². The first-order valence-electron chi connectivity index (χ1n) is 5.15. The Bertz CT molecular complexity index is 494. The molecule has 0 aliphatic heterocycles. The third-order valence-electron chi connectivity index (χ3n) is 2.34.